The molecular weight excluding hydrogens is 238 g/mol. The minimum Gasteiger partial charge on any atom is -0.265 e. The minimum absolute atomic E-state index is 0.153. The number of aryl methyl sites for hydroxylation is 1. The van der Waals surface area contributed by atoms with Crippen LogP contribution in [0.15, 0.2) is 34.4 Å². The molecule has 2 aromatic rings. The van der Waals surface area contributed by atoms with E-state index < -0.39 is 0 Å². The van der Waals surface area contributed by atoms with Crippen LogP contribution in [0.2, 0.25) is 0 Å². The van der Waals surface area contributed by atoms with Crippen LogP contribution in [0, 0.1) is 11.7 Å². The van der Waals surface area contributed by atoms with Gasteiger partial charge in [-0.25, -0.2) is 0 Å². The lowest BCUT2D eigenvalue weighted by Gasteiger charge is -1.98. The molecule has 0 saturated carbocycles. The number of hydrogen-bond donors (Lipinski definition) is 1. The predicted octanol–water partition coefficient (Wildman–Crippen LogP) is 0.887. The van der Waals surface area contributed by atoms with E-state index in [9.17, 15) is 4.79 Å². The van der Waals surface area contributed by atoms with Crippen molar-refractivity contribution in [3.05, 3.63) is 50.9 Å². The van der Waals surface area contributed by atoms with Crippen molar-refractivity contribution in [2.75, 3.05) is 0 Å². The number of H-pyrrole nitrogens is 1. The molecule has 17 heavy (non-hydrogen) atoms. The van der Waals surface area contributed by atoms with Crippen molar-refractivity contribution in [1.82, 2.24) is 19.9 Å². The molecule has 86 valence electrons. The molecule has 7 heteroatoms. The zero-order chi connectivity index (χ0) is 12.3. The van der Waals surface area contributed by atoms with Gasteiger partial charge in [0, 0.05) is 18.0 Å². The molecule has 2 rings (SSSR count). The largest absolute Gasteiger partial charge is 0.296 e. The second-order valence-electron chi connectivity index (χ2n) is 3.26. The van der Waals surface area contributed by atoms with Crippen molar-refractivity contribution in [1.29, 1.82) is 0 Å². The maximum atomic E-state index is 11.7. The SMILES string of the molecule is Cc1n[nH]c(=S)n(N=Cc2cccnc2)c1=O. The molecule has 0 aliphatic carbocycles. The molecule has 6 nitrogen and oxygen atoms in total. The Morgan fingerprint density at radius 1 is 1.59 bits per heavy atom. The first-order chi connectivity index (χ1) is 8.18. The number of nitrogens with one attached hydrogen (secondary N) is 1. The van der Waals surface area contributed by atoms with Crippen LogP contribution in [-0.4, -0.2) is 26.1 Å². The van der Waals surface area contributed by atoms with Crippen LogP contribution in [0.5, 0.6) is 0 Å². The summed E-state index contributed by atoms with van der Waals surface area (Å²) in [7, 11) is 0. The van der Waals surface area contributed by atoms with E-state index in [4.69, 9.17) is 12.2 Å². The van der Waals surface area contributed by atoms with Crippen LogP contribution < -0.4 is 5.56 Å². The first-order valence-corrected chi connectivity index (χ1v) is 5.22. The molecule has 0 amide bonds. The molecular formula is C10H9N5OS. The van der Waals surface area contributed by atoms with E-state index in [1.165, 1.54) is 6.21 Å². The van der Waals surface area contributed by atoms with Gasteiger partial charge in [-0.2, -0.15) is 14.9 Å². The summed E-state index contributed by atoms with van der Waals surface area (Å²) in [4.78, 5) is 15.6. The van der Waals surface area contributed by atoms with Gasteiger partial charge in [0.1, 0.15) is 5.69 Å². The van der Waals surface area contributed by atoms with E-state index in [0.29, 0.717) is 5.69 Å². The van der Waals surface area contributed by atoms with E-state index in [0.717, 1.165) is 10.2 Å². The number of rotatable bonds is 2. The van der Waals surface area contributed by atoms with Gasteiger partial charge in [-0.05, 0) is 25.2 Å². The third kappa shape index (κ3) is 2.51. The average molecular weight is 247 g/mol. The number of pyridine rings is 1. The molecule has 0 fully saturated rings. The van der Waals surface area contributed by atoms with Crippen LogP contribution in [0.25, 0.3) is 0 Å². The lowest BCUT2D eigenvalue weighted by molar-refractivity contribution is 0.720. The van der Waals surface area contributed by atoms with Gasteiger partial charge in [0.2, 0.25) is 4.77 Å². The van der Waals surface area contributed by atoms with Gasteiger partial charge >= 0.3 is 0 Å². The maximum Gasteiger partial charge on any atom is 0.296 e. The monoisotopic (exact) mass is 247 g/mol. The van der Waals surface area contributed by atoms with Crippen molar-refractivity contribution in [3.63, 3.8) is 0 Å². The van der Waals surface area contributed by atoms with Crippen LogP contribution in [0.4, 0.5) is 0 Å². The second-order valence-corrected chi connectivity index (χ2v) is 3.65. The fourth-order valence-electron chi connectivity index (χ4n) is 1.15. The normalized spacial score (nSPS) is 10.9. The molecule has 2 aromatic heterocycles. The Morgan fingerprint density at radius 2 is 2.41 bits per heavy atom. The topological polar surface area (TPSA) is 75.9 Å². The summed E-state index contributed by atoms with van der Waals surface area (Å²) in [6, 6.07) is 3.60. The number of hydrogen-bond acceptors (Lipinski definition) is 5. The van der Waals surface area contributed by atoms with Crippen LogP contribution in [0.3, 0.4) is 0 Å². The van der Waals surface area contributed by atoms with Gasteiger partial charge < -0.3 is 0 Å². The predicted molar refractivity (Wildman–Crippen MR) is 65.6 cm³/mol. The molecule has 1 N–H and O–H groups in total. The highest BCUT2D eigenvalue weighted by Gasteiger charge is 2.00. The van der Waals surface area contributed by atoms with Crippen molar-refractivity contribution < 1.29 is 0 Å². The molecule has 0 saturated heterocycles. The van der Waals surface area contributed by atoms with Crippen LogP contribution >= 0.6 is 12.2 Å². The standard InChI is InChI=1S/C10H9N5OS/c1-7-9(16)15(10(17)14-13-7)12-6-8-3-2-4-11-5-8/h2-6H,1H3,(H,14,17). The Morgan fingerprint density at radius 3 is 3.12 bits per heavy atom. The van der Waals surface area contributed by atoms with E-state index in [1.54, 1.807) is 25.4 Å². The summed E-state index contributed by atoms with van der Waals surface area (Å²) in [5.41, 5.74) is 0.749. The zero-order valence-electron chi connectivity index (χ0n) is 8.99. The summed E-state index contributed by atoms with van der Waals surface area (Å²) in [6.07, 6.45) is 4.80. The fourth-order valence-corrected chi connectivity index (χ4v) is 1.33. The molecule has 2 heterocycles. The van der Waals surface area contributed by atoms with E-state index in [-0.39, 0.29) is 10.3 Å². The summed E-state index contributed by atoms with van der Waals surface area (Å²) in [5.74, 6) is 0. The first-order valence-electron chi connectivity index (χ1n) is 4.81. The lowest BCUT2D eigenvalue weighted by Crippen LogP contribution is -2.22. The van der Waals surface area contributed by atoms with Gasteiger partial charge in [-0.1, -0.05) is 6.07 Å². The molecule has 0 spiro atoms. The summed E-state index contributed by atoms with van der Waals surface area (Å²) in [5, 5.41) is 10.3. The molecule has 0 aromatic carbocycles. The zero-order valence-corrected chi connectivity index (χ0v) is 9.81. The fraction of sp³-hybridized carbons (Fsp3) is 0.100. The third-order valence-corrected chi connectivity index (χ3v) is 2.28. The van der Waals surface area contributed by atoms with Gasteiger partial charge in [-0.3, -0.25) is 14.9 Å². The molecule has 0 aliphatic heterocycles. The highest BCUT2D eigenvalue weighted by molar-refractivity contribution is 7.71. The Balaban J connectivity index is 2.44. The quantitative estimate of drug-likeness (QED) is 0.631. The van der Waals surface area contributed by atoms with Crippen LogP contribution in [0.1, 0.15) is 11.3 Å². The van der Waals surface area contributed by atoms with Gasteiger partial charge in [0.05, 0.1) is 6.21 Å². The third-order valence-electron chi connectivity index (χ3n) is 2.02. The van der Waals surface area contributed by atoms with Crippen molar-refractivity contribution >= 4 is 18.4 Å². The Kier molecular flexibility index (Phi) is 3.20. The highest BCUT2D eigenvalue weighted by atomic mass is 32.1. The van der Waals surface area contributed by atoms with Gasteiger partial charge in [0.15, 0.2) is 0 Å². The van der Waals surface area contributed by atoms with Crippen molar-refractivity contribution in [3.8, 4) is 0 Å². The number of aromatic amines is 1. The minimum atomic E-state index is -0.339. The Hall–Kier alpha value is -2.15. The Labute approximate surface area is 102 Å². The van der Waals surface area contributed by atoms with Crippen molar-refractivity contribution in [2.45, 2.75) is 6.92 Å². The maximum absolute atomic E-state index is 11.7. The van der Waals surface area contributed by atoms with Crippen molar-refractivity contribution in [2.24, 2.45) is 5.10 Å². The molecule has 0 unspecified atom stereocenters. The Bertz CT molecular complexity index is 658. The average Bonchev–Trinajstić information content (AvgIpc) is 2.35. The summed E-state index contributed by atoms with van der Waals surface area (Å²) < 4.78 is 1.24. The van der Waals surface area contributed by atoms with E-state index in [1.807, 2.05) is 6.07 Å². The molecule has 0 radical (unpaired) electrons. The smallest absolute Gasteiger partial charge is 0.265 e. The molecule has 0 atom stereocenters. The molecule has 0 bridgehead atoms. The number of aromatic nitrogens is 4. The highest BCUT2D eigenvalue weighted by Crippen LogP contribution is 1.91. The van der Waals surface area contributed by atoms with E-state index in [2.05, 4.69) is 20.3 Å². The van der Waals surface area contributed by atoms with E-state index >= 15 is 0 Å². The molecule has 0 aliphatic rings. The van der Waals surface area contributed by atoms with Gasteiger partial charge in [-0.15, -0.1) is 0 Å². The number of nitrogens with zero attached hydrogens (tertiary/aromatic N) is 4. The van der Waals surface area contributed by atoms with Crippen LogP contribution in [-0.2, 0) is 0 Å². The first kappa shape index (κ1) is 11.3. The second kappa shape index (κ2) is 4.79. The summed E-state index contributed by atoms with van der Waals surface area (Å²) in [6.45, 7) is 1.59. The summed E-state index contributed by atoms with van der Waals surface area (Å²) >= 11 is 4.93. The van der Waals surface area contributed by atoms with Gasteiger partial charge in [0.25, 0.3) is 5.56 Å². The lowest BCUT2D eigenvalue weighted by atomic mass is 10.3.